The van der Waals surface area contributed by atoms with Gasteiger partial charge in [-0.2, -0.15) is 0 Å². The summed E-state index contributed by atoms with van der Waals surface area (Å²) in [5, 5.41) is 5.21. The molecular formula is C34H48PSi+. The van der Waals surface area contributed by atoms with Crippen molar-refractivity contribution in [2.45, 2.75) is 89.6 Å². The molecule has 36 heavy (non-hydrogen) atoms. The standard InChI is InChI=1S/C34H48PSi/c1-5-6-7-8-9-10-11-12-13-23-30-34(36(2,3)4)35(31-24-17-14-18-25-31,32-26-19-15-20-27-32)33-28-21-16-22-29-33/h13-29,34H,5-12,30H2,1-4H3/q+1/b23-13+. The van der Waals surface area contributed by atoms with E-state index in [9.17, 15) is 0 Å². The SMILES string of the molecule is CCCCCCCCC/C=C/CC([Si](C)(C)C)[P+](c1ccccc1)(c1ccccc1)c1ccccc1. The zero-order valence-corrected chi connectivity index (χ0v) is 25.1. The predicted molar refractivity (Wildman–Crippen MR) is 169 cm³/mol. The van der Waals surface area contributed by atoms with Crippen molar-refractivity contribution in [2.75, 3.05) is 0 Å². The van der Waals surface area contributed by atoms with Gasteiger partial charge in [0.15, 0.2) is 0 Å². The Morgan fingerprint density at radius 2 is 1.00 bits per heavy atom. The second-order valence-corrected chi connectivity index (χ2v) is 20.8. The van der Waals surface area contributed by atoms with Crippen LogP contribution in [-0.4, -0.2) is 13.4 Å². The lowest BCUT2D eigenvalue weighted by Gasteiger charge is -2.40. The van der Waals surface area contributed by atoms with Crippen LogP contribution in [0.4, 0.5) is 0 Å². The summed E-state index contributed by atoms with van der Waals surface area (Å²) in [4.78, 5) is 0. The van der Waals surface area contributed by atoms with Gasteiger partial charge in [0.05, 0.1) is 13.4 Å². The highest BCUT2D eigenvalue weighted by Crippen LogP contribution is 2.63. The molecule has 1 unspecified atom stereocenters. The molecule has 0 aromatic heterocycles. The van der Waals surface area contributed by atoms with Crippen molar-refractivity contribution in [3.05, 3.63) is 103 Å². The maximum atomic E-state index is 2.59. The monoisotopic (exact) mass is 515 g/mol. The Morgan fingerprint density at radius 1 is 0.583 bits per heavy atom. The van der Waals surface area contributed by atoms with Gasteiger partial charge >= 0.3 is 0 Å². The van der Waals surface area contributed by atoms with Crippen molar-refractivity contribution in [3.63, 3.8) is 0 Å². The number of unbranched alkanes of at least 4 members (excludes halogenated alkanes) is 7. The molecule has 0 aliphatic carbocycles. The zero-order chi connectivity index (χ0) is 25.7. The number of hydrogen-bond acceptors (Lipinski definition) is 0. The summed E-state index contributed by atoms with van der Waals surface area (Å²) in [7, 11) is -3.42. The minimum Gasteiger partial charge on any atom is -0.0884 e. The van der Waals surface area contributed by atoms with Gasteiger partial charge in [-0.15, -0.1) is 0 Å². The van der Waals surface area contributed by atoms with Crippen LogP contribution in [0, 0.1) is 0 Å². The number of hydrogen-bond donors (Lipinski definition) is 0. The van der Waals surface area contributed by atoms with Gasteiger partial charge in [-0.25, -0.2) is 0 Å². The number of rotatable bonds is 15. The molecule has 0 saturated heterocycles. The Balaban J connectivity index is 1.94. The first kappa shape index (κ1) is 28.6. The van der Waals surface area contributed by atoms with E-state index in [1.165, 1.54) is 73.7 Å². The molecule has 192 valence electrons. The van der Waals surface area contributed by atoms with Gasteiger partial charge in [-0.1, -0.05) is 132 Å². The van der Waals surface area contributed by atoms with E-state index in [0.717, 1.165) is 0 Å². The molecule has 0 heterocycles. The van der Waals surface area contributed by atoms with Gasteiger partial charge in [0, 0.05) is 0 Å². The summed E-state index contributed by atoms with van der Waals surface area (Å²) in [6, 6.07) is 34.4. The minimum atomic E-state index is -1.85. The summed E-state index contributed by atoms with van der Waals surface area (Å²) < 4.78 is 0. The highest BCUT2D eigenvalue weighted by molar-refractivity contribution is 7.97. The van der Waals surface area contributed by atoms with Gasteiger partial charge in [0.25, 0.3) is 0 Å². The fourth-order valence-electron chi connectivity index (χ4n) is 5.63. The van der Waals surface area contributed by atoms with Crippen LogP contribution in [0.15, 0.2) is 103 Å². The summed E-state index contributed by atoms with van der Waals surface area (Å²) in [6.07, 6.45) is 17.1. The lowest BCUT2D eigenvalue weighted by atomic mass is 10.1. The molecule has 0 spiro atoms. The summed E-state index contributed by atoms with van der Waals surface area (Å²) in [5.74, 6) is 0. The van der Waals surface area contributed by atoms with Crippen LogP contribution in [0.5, 0.6) is 0 Å². The third-order valence-electron chi connectivity index (χ3n) is 7.46. The first-order valence-corrected chi connectivity index (χ1v) is 19.7. The summed E-state index contributed by atoms with van der Waals surface area (Å²) in [6.45, 7) is 10.1. The molecule has 0 nitrogen and oxygen atoms in total. The molecular weight excluding hydrogens is 467 g/mol. The van der Waals surface area contributed by atoms with E-state index in [1.54, 1.807) is 0 Å². The fraction of sp³-hybridized carbons (Fsp3) is 0.412. The van der Waals surface area contributed by atoms with Crippen molar-refractivity contribution >= 4 is 31.2 Å². The highest BCUT2D eigenvalue weighted by Gasteiger charge is 2.56. The van der Waals surface area contributed by atoms with Gasteiger partial charge in [0.2, 0.25) is 0 Å². The van der Waals surface area contributed by atoms with Gasteiger partial charge < -0.3 is 0 Å². The van der Waals surface area contributed by atoms with Gasteiger partial charge in [-0.05, 0) is 55.7 Å². The average Bonchev–Trinajstić information content (AvgIpc) is 2.90. The molecule has 0 radical (unpaired) electrons. The van der Waals surface area contributed by atoms with Crippen LogP contribution in [0.1, 0.15) is 64.7 Å². The molecule has 0 aliphatic heterocycles. The van der Waals surface area contributed by atoms with E-state index >= 15 is 0 Å². The molecule has 2 heteroatoms. The van der Waals surface area contributed by atoms with Crippen LogP contribution >= 0.6 is 7.26 Å². The van der Waals surface area contributed by atoms with Crippen LogP contribution in [0.2, 0.25) is 19.6 Å². The number of allylic oxidation sites excluding steroid dienone is 2. The van der Waals surface area contributed by atoms with Crippen LogP contribution in [-0.2, 0) is 0 Å². The molecule has 3 aromatic rings. The normalized spacial score (nSPS) is 13.2. The third kappa shape index (κ3) is 7.53. The van der Waals surface area contributed by atoms with E-state index in [-0.39, 0.29) is 0 Å². The number of benzene rings is 3. The zero-order valence-electron chi connectivity index (χ0n) is 23.2. The third-order valence-corrected chi connectivity index (χ3v) is 17.7. The molecule has 3 rings (SSSR count). The fourth-order valence-corrected chi connectivity index (χ4v) is 16.8. The highest BCUT2D eigenvalue weighted by atomic mass is 31.2. The molecule has 0 aliphatic rings. The van der Waals surface area contributed by atoms with Crippen molar-refractivity contribution in [3.8, 4) is 0 Å². The first-order chi connectivity index (χ1) is 17.5. The molecule has 0 amide bonds. The predicted octanol–water partition coefficient (Wildman–Crippen LogP) is 9.31. The average molecular weight is 516 g/mol. The van der Waals surface area contributed by atoms with Crippen molar-refractivity contribution < 1.29 is 0 Å². The van der Waals surface area contributed by atoms with E-state index in [4.69, 9.17) is 0 Å². The second kappa shape index (κ2) is 14.7. The Morgan fingerprint density at radius 3 is 1.42 bits per heavy atom. The smallest absolute Gasteiger partial charge is 0.0884 e. The molecule has 3 aromatic carbocycles. The Bertz CT molecular complexity index is 909. The van der Waals surface area contributed by atoms with Crippen LogP contribution < -0.4 is 15.9 Å². The van der Waals surface area contributed by atoms with Crippen molar-refractivity contribution in [1.82, 2.24) is 0 Å². The Hall–Kier alpha value is -1.95. The molecule has 0 saturated carbocycles. The molecule has 1 atom stereocenters. The van der Waals surface area contributed by atoms with E-state index in [0.29, 0.717) is 5.28 Å². The van der Waals surface area contributed by atoms with Gasteiger partial charge in [-0.3, -0.25) is 0 Å². The lowest BCUT2D eigenvalue weighted by Crippen LogP contribution is -2.49. The van der Waals surface area contributed by atoms with Crippen molar-refractivity contribution in [2.24, 2.45) is 0 Å². The quantitative estimate of drug-likeness (QED) is 0.0818. The largest absolute Gasteiger partial charge is 0.111 e. The minimum absolute atomic E-state index is 0.641. The Labute approximate surface area is 223 Å². The summed E-state index contributed by atoms with van der Waals surface area (Å²) >= 11 is 0. The van der Waals surface area contributed by atoms with E-state index in [1.807, 2.05) is 0 Å². The first-order valence-electron chi connectivity index (χ1n) is 14.2. The maximum Gasteiger partial charge on any atom is 0.111 e. The van der Waals surface area contributed by atoms with E-state index < -0.39 is 15.3 Å². The van der Waals surface area contributed by atoms with Crippen LogP contribution in [0.25, 0.3) is 0 Å². The summed E-state index contributed by atoms with van der Waals surface area (Å²) in [5.41, 5.74) is 0. The van der Waals surface area contributed by atoms with E-state index in [2.05, 4.69) is 130 Å². The van der Waals surface area contributed by atoms with Gasteiger partial charge in [0.1, 0.15) is 23.2 Å². The molecule has 0 N–H and O–H groups in total. The lowest BCUT2D eigenvalue weighted by molar-refractivity contribution is 0.592. The Kier molecular flexibility index (Phi) is 11.7. The van der Waals surface area contributed by atoms with Crippen LogP contribution in [0.3, 0.4) is 0 Å². The maximum absolute atomic E-state index is 2.59. The molecule has 0 bridgehead atoms. The second-order valence-electron chi connectivity index (χ2n) is 11.2. The van der Waals surface area contributed by atoms with Crippen molar-refractivity contribution in [1.29, 1.82) is 0 Å². The molecule has 0 fully saturated rings. The topological polar surface area (TPSA) is 0 Å².